The minimum atomic E-state index is 0.168. The molecule has 0 fully saturated rings. The Morgan fingerprint density at radius 2 is 1.84 bits per heavy atom. The van der Waals surface area contributed by atoms with Gasteiger partial charge < -0.3 is 0 Å². The Balaban J connectivity index is 2.37. The zero-order valence-electron chi connectivity index (χ0n) is 11.6. The van der Waals surface area contributed by atoms with Crippen molar-refractivity contribution < 1.29 is 0 Å². The molecular formula is C16H18BrClS. The maximum atomic E-state index is 6.41. The Bertz CT molecular complexity index is 581. The van der Waals surface area contributed by atoms with Crippen molar-refractivity contribution in [2.24, 2.45) is 0 Å². The van der Waals surface area contributed by atoms with Gasteiger partial charge in [0.15, 0.2) is 0 Å². The molecule has 2 rings (SSSR count). The summed E-state index contributed by atoms with van der Waals surface area (Å²) in [5.74, 6) is 0. The van der Waals surface area contributed by atoms with Gasteiger partial charge in [0.1, 0.15) is 0 Å². The lowest BCUT2D eigenvalue weighted by atomic mass is 9.95. The van der Waals surface area contributed by atoms with Crippen LogP contribution in [-0.4, -0.2) is 0 Å². The summed E-state index contributed by atoms with van der Waals surface area (Å²) in [6.07, 6.45) is 0. The molecule has 19 heavy (non-hydrogen) atoms. The van der Waals surface area contributed by atoms with Crippen LogP contribution in [0.25, 0.3) is 0 Å². The van der Waals surface area contributed by atoms with Gasteiger partial charge >= 0.3 is 0 Å². The molecule has 1 aromatic heterocycles. The highest BCUT2D eigenvalue weighted by molar-refractivity contribution is 9.09. The summed E-state index contributed by atoms with van der Waals surface area (Å²) in [7, 11) is 0. The molecule has 102 valence electrons. The van der Waals surface area contributed by atoms with Crippen LogP contribution in [0.15, 0.2) is 30.3 Å². The van der Waals surface area contributed by atoms with Crippen LogP contribution in [0.3, 0.4) is 0 Å². The summed E-state index contributed by atoms with van der Waals surface area (Å²) in [5, 5.41) is 0.857. The topological polar surface area (TPSA) is 0 Å². The molecule has 0 spiro atoms. The largest absolute Gasteiger partial charge is 0.143 e. The van der Waals surface area contributed by atoms with E-state index in [2.05, 4.69) is 61.0 Å². The zero-order valence-corrected chi connectivity index (χ0v) is 14.8. The number of hydrogen-bond donors (Lipinski definition) is 0. The summed E-state index contributed by atoms with van der Waals surface area (Å²) >= 11 is 12.0. The summed E-state index contributed by atoms with van der Waals surface area (Å²) in [6, 6.07) is 10.6. The summed E-state index contributed by atoms with van der Waals surface area (Å²) < 4.78 is 0. The van der Waals surface area contributed by atoms with Crippen LogP contribution in [0.4, 0.5) is 0 Å². The van der Waals surface area contributed by atoms with Crippen molar-refractivity contribution in [2.45, 2.75) is 37.9 Å². The summed E-state index contributed by atoms with van der Waals surface area (Å²) in [5.41, 5.74) is 2.46. The molecule has 0 saturated carbocycles. The van der Waals surface area contributed by atoms with Crippen LogP contribution in [0, 0.1) is 6.92 Å². The van der Waals surface area contributed by atoms with Crippen LogP contribution in [0.1, 0.15) is 46.5 Å². The van der Waals surface area contributed by atoms with E-state index in [4.69, 9.17) is 11.6 Å². The number of aryl methyl sites for hydroxylation is 1. The number of thiophene rings is 1. The van der Waals surface area contributed by atoms with Crippen LogP contribution >= 0.6 is 38.9 Å². The Morgan fingerprint density at radius 1 is 1.16 bits per heavy atom. The fraction of sp³-hybridized carbons (Fsp3) is 0.375. The molecule has 0 saturated heterocycles. The van der Waals surface area contributed by atoms with Gasteiger partial charge in [0.05, 0.1) is 4.83 Å². The Kier molecular flexibility index (Phi) is 4.44. The van der Waals surface area contributed by atoms with E-state index >= 15 is 0 Å². The third-order valence-electron chi connectivity index (χ3n) is 3.11. The molecular weight excluding hydrogens is 340 g/mol. The molecule has 1 heterocycles. The second kappa shape index (κ2) is 5.59. The molecule has 1 unspecified atom stereocenters. The van der Waals surface area contributed by atoms with Crippen LogP contribution in [0.2, 0.25) is 5.02 Å². The van der Waals surface area contributed by atoms with E-state index in [1.165, 1.54) is 9.75 Å². The smallest absolute Gasteiger partial charge is 0.0752 e. The van der Waals surface area contributed by atoms with Crippen molar-refractivity contribution in [3.05, 3.63) is 56.2 Å². The molecule has 0 radical (unpaired) electrons. The minimum Gasteiger partial charge on any atom is -0.143 e. The van der Waals surface area contributed by atoms with E-state index in [0.29, 0.717) is 0 Å². The molecule has 0 N–H and O–H groups in total. The first-order valence-electron chi connectivity index (χ1n) is 6.30. The van der Waals surface area contributed by atoms with E-state index in [-0.39, 0.29) is 10.2 Å². The van der Waals surface area contributed by atoms with E-state index in [9.17, 15) is 0 Å². The monoisotopic (exact) mass is 356 g/mol. The zero-order chi connectivity index (χ0) is 14.2. The first-order valence-corrected chi connectivity index (χ1v) is 8.41. The number of hydrogen-bond acceptors (Lipinski definition) is 1. The second-order valence-electron chi connectivity index (χ2n) is 5.79. The quantitative estimate of drug-likeness (QED) is 0.539. The molecule has 0 amide bonds. The lowest BCUT2D eigenvalue weighted by Crippen LogP contribution is -2.07. The third-order valence-corrected chi connectivity index (χ3v) is 6.49. The maximum absolute atomic E-state index is 6.41. The average Bonchev–Trinajstić information content (AvgIpc) is 2.81. The fourth-order valence-electron chi connectivity index (χ4n) is 1.91. The Labute approximate surface area is 132 Å². The van der Waals surface area contributed by atoms with E-state index in [1.807, 2.05) is 24.3 Å². The van der Waals surface area contributed by atoms with Gasteiger partial charge in [-0.15, -0.1) is 11.3 Å². The number of alkyl halides is 1. The van der Waals surface area contributed by atoms with E-state index in [0.717, 1.165) is 16.1 Å². The van der Waals surface area contributed by atoms with Crippen molar-refractivity contribution in [2.75, 3.05) is 0 Å². The van der Waals surface area contributed by atoms with Crippen LogP contribution in [0.5, 0.6) is 0 Å². The molecule has 0 aliphatic carbocycles. The molecule has 0 aliphatic rings. The van der Waals surface area contributed by atoms with Gasteiger partial charge in [-0.05, 0) is 35.6 Å². The normalized spacial score (nSPS) is 13.6. The van der Waals surface area contributed by atoms with Crippen molar-refractivity contribution in [3.63, 3.8) is 0 Å². The first-order chi connectivity index (χ1) is 8.80. The Morgan fingerprint density at radius 3 is 2.42 bits per heavy atom. The highest BCUT2D eigenvalue weighted by Gasteiger charge is 2.21. The van der Waals surface area contributed by atoms with Crippen molar-refractivity contribution in [1.29, 1.82) is 0 Å². The molecule has 0 aliphatic heterocycles. The minimum absolute atomic E-state index is 0.168. The third kappa shape index (κ3) is 3.24. The highest BCUT2D eigenvalue weighted by Crippen LogP contribution is 2.41. The van der Waals surface area contributed by atoms with E-state index < -0.39 is 0 Å². The first kappa shape index (κ1) is 15.1. The summed E-state index contributed by atoms with van der Waals surface area (Å²) in [4.78, 5) is 2.87. The van der Waals surface area contributed by atoms with Gasteiger partial charge in [-0.1, -0.05) is 66.5 Å². The average molecular weight is 358 g/mol. The number of benzene rings is 1. The van der Waals surface area contributed by atoms with Gasteiger partial charge in [-0.2, -0.15) is 0 Å². The molecule has 0 nitrogen and oxygen atoms in total. The van der Waals surface area contributed by atoms with Gasteiger partial charge in [0.25, 0.3) is 0 Å². The molecule has 2 aromatic rings. The fourth-order valence-corrected chi connectivity index (χ4v) is 4.16. The molecule has 1 aromatic carbocycles. The standard InChI is InChI=1S/C16H18BrClS/c1-10-6-5-7-11(15(10)18)14(17)12-8-9-13(19-12)16(2,3)4/h5-9,14H,1-4H3. The van der Waals surface area contributed by atoms with Crippen LogP contribution < -0.4 is 0 Å². The SMILES string of the molecule is Cc1cccc(C(Br)c2ccc(C(C)(C)C)s2)c1Cl. The van der Waals surface area contributed by atoms with Gasteiger partial charge in [0.2, 0.25) is 0 Å². The van der Waals surface area contributed by atoms with Gasteiger partial charge in [-0.25, -0.2) is 0 Å². The predicted molar refractivity (Wildman–Crippen MR) is 90.0 cm³/mol. The van der Waals surface area contributed by atoms with Gasteiger partial charge in [-0.3, -0.25) is 0 Å². The summed E-state index contributed by atoms with van der Waals surface area (Å²) in [6.45, 7) is 8.77. The van der Waals surface area contributed by atoms with Gasteiger partial charge in [0, 0.05) is 14.8 Å². The Hall–Kier alpha value is -0.310. The van der Waals surface area contributed by atoms with E-state index in [1.54, 1.807) is 0 Å². The molecule has 1 atom stereocenters. The number of halogens is 2. The van der Waals surface area contributed by atoms with Crippen molar-refractivity contribution >= 4 is 38.9 Å². The van der Waals surface area contributed by atoms with Crippen LogP contribution in [-0.2, 0) is 5.41 Å². The second-order valence-corrected chi connectivity index (χ2v) is 8.20. The lowest BCUT2D eigenvalue weighted by Gasteiger charge is -2.16. The molecule has 3 heteroatoms. The number of rotatable bonds is 2. The molecule has 0 bridgehead atoms. The lowest BCUT2D eigenvalue weighted by molar-refractivity contribution is 0.604. The van der Waals surface area contributed by atoms with Crippen molar-refractivity contribution in [1.82, 2.24) is 0 Å². The van der Waals surface area contributed by atoms with Crippen molar-refractivity contribution in [3.8, 4) is 0 Å². The highest BCUT2D eigenvalue weighted by atomic mass is 79.9. The maximum Gasteiger partial charge on any atom is 0.0752 e. The predicted octanol–water partition coefficient (Wildman–Crippen LogP) is 6.49.